The van der Waals surface area contributed by atoms with Crippen molar-refractivity contribution in [2.45, 2.75) is 65.3 Å². The third-order valence-corrected chi connectivity index (χ3v) is 4.75. The van der Waals surface area contributed by atoms with E-state index in [4.69, 9.17) is 4.98 Å². The highest BCUT2D eigenvalue weighted by atomic mass is 14.9. The summed E-state index contributed by atoms with van der Waals surface area (Å²) in [5, 5.41) is 3.78. The molecule has 0 radical (unpaired) electrons. The van der Waals surface area contributed by atoms with E-state index >= 15 is 0 Å². The Morgan fingerprint density at radius 1 is 1.25 bits per heavy atom. The lowest BCUT2D eigenvalue weighted by molar-refractivity contribution is 0.228. The van der Waals surface area contributed by atoms with Crippen LogP contribution in [-0.2, 0) is 6.42 Å². The van der Waals surface area contributed by atoms with Crippen LogP contribution in [0.2, 0.25) is 0 Å². The maximum Gasteiger partial charge on any atom is 0.0607 e. The number of pyridine rings is 1. The summed E-state index contributed by atoms with van der Waals surface area (Å²) in [5.74, 6) is 1.67. The molecule has 0 aromatic carbocycles. The molecule has 2 nitrogen and oxygen atoms in total. The van der Waals surface area contributed by atoms with Gasteiger partial charge in [0.25, 0.3) is 0 Å². The number of hydrogen-bond donors (Lipinski definition) is 1. The van der Waals surface area contributed by atoms with Crippen LogP contribution in [0.4, 0.5) is 0 Å². The van der Waals surface area contributed by atoms with Crippen molar-refractivity contribution in [3.8, 4) is 0 Å². The predicted molar refractivity (Wildman–Crippen MR) is 85.8 cm³/mol. The molecule has 2 rings (SSSR count). The van der Waals surface area contributed by atoms with E-state index in [2.05, 4.69) is 38.2 Å². The summed E-state index contributed by atoms with van der Waals surface area (Å²) in [6, 6.07) is 4.77. The second kappa shape index (κ2) is 7.78. The van der Waals surface area contributed by atoms with E-state index in [9.17, 15) is 0 Å². The van der Waals surface area contributed by atoms with Crippen molar-refractivity contribution in [1.29, 1.82) is 0 Å². The number of hydrogen-bond acceptors (Lipinski definition) is 2. The van der Waals surface area contributed by atoms with Crippen molar-refractivity contribution >= 4 is 0 Å². The second-order valence-corrected chi connectivity index (χ2v) is 6.35. The van der Waals surface area contributed by atoms with Crippen LogP contribution in [0, 0.1) is 11.8 Å². The Kier molecular flexibility index (Phi) is 6.03. The van der Waals surface area contributed by atoms with Crippen LogP contribution >= 0.6 is 0 Å². The maximum absolute atomic E-state index is 4.73. The fourth-order valence-corrected chi connectivity index (χ4v) is 3.44. The highest BCUT2D eigenvalue weighted by Crippen LogP contribution is 2.37. The second-order valence-electron chi connectivity index (χ2n) is 6.35. The summed E-state index contributed by atoms with van der Waals surface area (Å²) in [6.07, 6.45) is 9.68. The SMILES string of the molecule is CCCNC(c1ncccc1CC)C1CCC(C)CC1. The standard InChI is InChI=1S/C18H30N2/c1-4-12-19-18(16-10-8-14(3)9-11-16)17-15(5-2)7-6-13-20-17/h6-7,13-14,16,18-19H,4-5,8-12H2,1-3H3. The molecule has 0 aliphatic heterocycles. The van der Waals surface area contributed by atoms with Gasteiger partial charge in [-0.25, -0.2) is 0 Å². The molecule has 1 aliphatic rings. The molecule has 1 aromatic rings. The molecule has 112 valence electrons. The molecule has 1 aromatic heterocycles. The summed E-state index contributed by atoms with van der Waals surface area (Å²) >= 11 is 0. The lowest BCUT2D eigenvalue weighted by Gasteiger charge is -2.34. The lowest BCUT2D eigenvalue weighted by atomic mass is 9.77. The van der Waals surface area contributed by atoms with Gasteiger partial charge in [-0.1, -0.05) is 39.7 Å². The topological polar surface area (TPSA) is 24.9 Å². The average molecular weight is 274 g/mol. The van der Waals surface area contributed by atoms with Crippen LogP contribution in [0.3, 0.4) is 0 Å². The first kappa shape index (κ1) is 15.5. The van der Waals surface area contributed by atoms with Gasteiger partial charge in [-0.05, 0) is 55.7 Å². The molecule has 0 bridgehead atoms. The first-order valence-corrected chi connectivity index (χ1v) is 8.43. The van der Waals surface area contributed by atoms with Gasteiger partial charge in [0.1, 0.15) is 0 Å². The minimum atomic E-state index is 0.457. The van der Waals surface area contributed by atoms with E-state index in [1.807, 2.05) is 6.20 Å². The molecule has 1 atom stereocenters. The van der Waals surface area contributed by atoms with Crippen molar-refractivity contribution in [2.24, 2.45) is 11.8 Å². The molecular formula is C18H30N2. The van der Waals surface area contributed by atoms with Gasteiger partial charge in [0.2, 0.25) is 0 Å². The number of aryl methyl sites for hydroxylation is 1. The average Bonchev–Trinajstić information content (AvgIpc) is 2.50. The smallest absolute Gasteiger partial charge is 0.0607 e. The van der Waals surface area contributed by atoms with E-state index in [0.29, 0.717) is 6.04 Å². The Hall–Kier alpha value is -0.890. The first-order valence-electron chi connectivity index (χ1n) is 8.43. The quantitative estimate of drug-likeness (QED) is 0.825. The molecule has 2 heteroatoms. The van der Waals surface area contributed by atoms with Gasteiger partial charge < -0.3 is 5.32 Å². The number of nitrogens with one attached hydrogen (secondary N) is 1. The molecule has 1 unspecified atom stereocenters. The van der Waals surface area contributed by atoms with Gasteiger partial charge in [0.05, 0.1) is 11.7 Å². The summed E-state index contributed by atoms with van der Waals surface area (Å²) in [5.41, 5.74) is 2.72. The van der Waals surface area contributed by atoms with Crippen molar-refractivity contribution in [3.63, 3.8) is 0 Å². The molecule has 1 saturated carbocycles. The van der Waals surface area contributed by atoms with E-state index in [1.54, 1.807) is 0 Å². The first-order chi connectivity index (χ1) is 9.76. The predicted octanol–water partition coefficient (Wildman–Crippen LogP) is 4.51. The number of nitrogens with zero attached hydrogens (tertiary/aromatic N) is 1. The molecule has 20 heavy (non-hydrogen) atoms. The Morgan fingerprint density at radius 3 is 2.65 bits per heavy atom. The lowest BCUT2D eigenvalue weighted by Crippen LogP contribution is -2.32. The Labute approximate surface area is 124 Å². The van der Waals surface area contributed by atoms with Crippen molar-refractivity contribution in [1.82, 2.24) is 10.3 Å². The van der Waals surface area contributed by atoms with Crippen molar-refractivity contribution in [2.75, 3.05) is 6.54 Å². The minimum Gasteiger partial charge on any atom is -0.308 e. The molecule has 1 aliphatic carbocycles. The fraction of sp³-hybridized carbons (Fsp3) is 0.722. The van der Waals surface area contributed by atoms with E-state index in [1.165, 1.54) is 43.4 Å². The largest absolute Gasteiger partial charge is 0.308 e. The Bertz CT molecular complexity index is 394. The molecule has 1 fully saturated rings. The fourth-order valence-electron chi connectivity index (χ4n) is 3.44. The molecule has 0 amide bonds. The van der Waals surface area contributed by atoms with Gasteiger partial charge in [0, 0.05) is 6.20 Å². The molecule has 1 heterocycles. The monoisotopic (exact) mass is 274 g/mol. The molecule has 1 N–H and O–H groups in total. The van der Waals surface area contributed by atoms with Crippen LogP contribution in [0.1, 0.15) is 70.2 Å². The highest BCUT2D eigenvalue weighted by molar-refractivity contribution is 5.23. The highest BCUT2D eigenvalue weighted by Gasteiger charge is 2.28. The van der Waals surface area contributed by atoms with Crippen LogP contribution in [0.5, 0.6) is 0 Å². The van der Waals surface area contributed by atoms with Crippen LogP contribution in [0.25, 0.3) is 0 Å². The molecular weight excluding hydrogens is 244 g/mol. The Balaban J connectivity index is 2.18. The summed E-state index contributed by atoms with van der Waals surface area (Å²) < 4.78 is 0. The zero-order chi connectivity index (χ0) is 14.4. The van der Waals surface area contributed by atoms with E-state index < -0.39 is 0 Å². The zero-order valence-electron chi connectivity index (χ0n) is 13.4. The van der Waals surface area contributed by atoms with Crippen LogP contribution in [0.15, 0.2) is 18.3 Å². The summed E-state index contributed by atoms with van der Waals surface area (Å²) in [4.78, 5) is 4.73. The minimum absolute atomic E-state index is 0.457. The summed E-state index contributed by atoms with van der Waals surface area (Å²) in [7, 11) is 0. The van der Waals surface area contributed by atoms with Gasteiger partial charge in [0.15, 0.2) is 0 Å². The van der Waals surface area contributed by atoms with Crippen molar-refractivity contribution < 1.29 is 0 Å². The zero-order valence-corrected chi connectivity index (χ0v) is 13.4. The van der Waals surface area contributed by atoms with E-state index in [-0.39, 0.29) is 0 Å². The number of aromatic nitrogens is 1. The normalized spacial score (nSPS) is 24.6. The van der Waals surface area contributed by atoms with Gasteiger partial charge in [-0.3, -0.25) is 4.98 Å². The van der Waals surface area contributed by atoms with Crippen LogP contribution < -0.4 is 5.32 Å². The van der Waals surface area contributed by atoms with Gasteiger partial charge in [-0.2, -0.15) is 0 Å². The van der Waals surface area contributed by atoms with E-state index in [0.717, 1.165) is 24.8 Å². The Morgan fingerprint density at radius 2 is 2.00 bits per heavy atom. The third kappa shape index (κ3) is 3.82. The molecule has 0 spiro atoms. The maximum atomic E-state index is 4.73. The van der Waals surface area contributed by atoms with Crippen LogP contribution in [-0.4, -0.2) is 11.5 Å². The molecule has 0 saturated heterocycles. The number of rotatable bonds is 6. The van der Waals surface area contributed by atoms with Gasteiger partial charge in [-0.15, -0.1) is 0 Å². The summed E-state index contributed by atoms with van der Waals surface area (Å²) in [6.45, 7) is 7.96. The van der Waals surface area contributed by atoms with Gasteiger partial charge >= 0.3 is 0 Å². The third-order valence-electron chi connectivity index (χ3n) is 4.75. The van der Waals surface area contributed by atoms with Crippen molar-refractivity contribution in [3.05, 3.63) is 29.6 Å².